The Hall–Kier alpha value is -1.10. The molecule has 1 atom stereocenters. The molecule has 1 saturated heterocycles. The Labute approximate surface area is 147 Å². The Morgan fingerprint density at radius 1 is 1.00 bits per heavy atom. The zero-order chi connectivity index (χ0) is 17.8. The number of hydrogen-bond donors (Lipinski definition) is 2. The van der Waals surface area contributed by atoms with Gasteiger partial charge in [-0.25, -0.2) is 0 Å². The van der Waals surface area contributed by atoms with Gasteiger partial charge in [-0.05, 0) is 33.1 Å². The van der Waals surface area contributed by atoms with E-state index in [0.29, 0.717) is 19.4 Å². The second-order valence-corrected chi connectivity index (χ2v) is 7.33. The van der Waals surface area contributed by atoms with Gasteiger partial charge in [0.15, 0.2) is 0 Å². The molecule has 0 aromatic heterocycles. The van der Waals surface area contributed by atoms with E-state index in [2.05, 4.69) is 5.32 Å². The second kappa shape index (κ2) is 12.3. The lowest BCUT2D eigenvalue weighted by Crippen LogP contribution is -2.29. The van der Waals surface area contributed by atoms with Crippen LogP contribution in [0, 0.1) is 0 Å². The molecule has 24 heavy (non-hydrogen) atoms. The number of unbranched alkanes of at least 4 members (excludes halogenated alkanes) is 7. The average molecular weight is 341 g/mol. The van der Waals surface area contributed by atoms with E-state index in [1.165, 1.54) is 25.7 Å². The van der Waals surface area contributed by atoms with E-state index in [1.54, 1.807) is 4.90 Å². The summed E-state index contributed by atoms with van der Waals surface area (Å²) in [4.78, 5) is 25.2. The minimum Gasteiger partial charge on any atom is -0.391 e. The minimum atomic E-state index is -0.314. The van der Waals surface area contributed by atoms with Crippen molar-refractivity contribution < 1.29 is 14.7 Å². The number of nitrogens with zero attached hydrogens (tertiary/aromatic N) is 1. The van der Waals surface area contributed by atoms with Crippen LogP contribution in [0.1, 0.15) is 84.5 Å². The fourth-order valence-corrected chi connectivity index (χ4v) is 3.14. The predicted octanol–water partition coefficient (Wildman–Crippen LogP) is 3.01. The van der Waals surface area contributed by atoms with Crippen LogP contribution in [0.4, 0.5) is 0 Å². The van der Waals surface area contributed by atoms with Gasteiger partial charge in [0, 0.05) is 32.0 Å². The quantitative estimate of drug-likeness (QED) is 0.537. The lowest BCUT2D eigenvalue weighted by Gasteiger charge is -2.15. The third-order valence-electron chi connectivity index (χ3n) is 4.51. The van der Waals surface area contributed by atoms with Gasteiger partial charge in [-0.15, -0.1) is 0 Å². The van der Waals surface area contributed by atoms with Crippen LogP contribution in [0.3, 0.4) is 0 Å². The van der Waals surface area contributed by atoms with Crippen LogP contribution in [-0.2, 0) is 9.59 Å². The van der Waals surface area contributed by atoms with Gasteiger partial charge in [0.1, 0.15) is 0 Å². The van der Waals surface area contributed by atoms with Crippen LogP contribution in [-0.4, -0.2) is 47.1 Å². The highest BCUT2D eigenvalue weighted by atomic mass is 16.3. The molecule has 2 amide bonds. The summed E-state index contributed by atoms with van der Waals surface area (Å²) in [6.45, 7) is 5.21. The van der Waals surface area contributed by atoms with Gasteiger partial charge in [0.05, 0.1) is 6.10 Å². The van der Waals surface area contributed by atoms with Crippen molar-refractivity contribution in [3.8, 4) is 0 Å². The van der Waals surface area contributed by atoms with Crippen molar-refractivity contribution in [3.63, 3.8) is 0 Å². The lowest BCUT2D eigenvalue weighted by atomic mass is 10.1. The average Bonchev–Trinajstić information content (AvgIpc) is 2.94. The van der Waals surface area contributed by atoms with E-state index in [-0.39, 0.29) is 24.0 Å². The number of aliphatic hydroxyl groups is 1. The van der Waals surface area contributed by atoms with E-state index >= 15 is 0 Å². The highest BCUT2D eigenvalue weighted by Crippen LogP contribution is 2.14. The van der Waals surface area contributed by atoms with Crippen LogP contribution in [0.5, 0.6) is 0 Å². The number of rotatable bonds is 12. The molecular formula is C19H36N2O3. The molecule has 140 valence electrons. The molecule has 1 rings (SSSR count). The molecule has 2 N–H and O–H groups in total. The third kappa shape index (κ3) is 9.91. The fourth-order valence-electron chi connectivity index (χ4n) is 3.14. The maximum absolute atomic E-state index is 11.9. The van der Waals surface area contributed by atoms with Crippen molar-refractivity contribution in [2.45, 2.75) is 96.6 Å². The van der Waals surface area contributed by atoms with Crippen LogP contribution in [0.25, 0.3) is 0 Å². The molecule has 0 saturated carbocycles. The maximum Gasteiger partial charge on any atom is 0.222 e. The molecule has 0 aromatic rings. The first-order chi connectivity index (χ1) is 11.5. The van der Waals surface area contributed by atoms with E-state index in [0.717, 1.165) is 38.6 Å². The summed E-state index contributed by atoms with van der Waals surface area (Å²) in [7, 11) is 0. The summed E-state index contributed by atoms with van der Waals surface area (Å²) < 4.78 is 0. The largest absolute Gasteiger partial charge is 0.391 e. The number of likely N-dealkylation sites (tertiary alicyclic amines) is 1. The first kappa shape index (κ1) is 20.9. The predicted molar refractivity (Wildman–Crippen MR) is 96.7 cm³/mol. The number of aliphatic hydroxyl groups excluding tert-OH is 1. The van der Waals surface area contributed by atoms with E-state index in [4.69, 9.17) is 0 Å². The number of β-amino-alcohol motifs (C(OH)–C–C–N with tert-alkyl or cyclic N) is 1. The lowest BCUT2D eigenvalue weighted by molar-refractivity contribution is -0.130. The van der Waals surface area contributed by atoms with Crippen LogP contribution in [0.15, 0.2) is 0 Å². The van der Waals surface area contributed by atoms with Crippen LogP contribution >= 0.6 is 0 Å². The molecule has 0 radical (unpaired) electrons. The highest BCUT2D eigenvalue weighted by molar-refractivity contribution is 5.76. The number of hydrogen-bond acceptors (Lipinski definition) is 3. The van der Waals surface area contributed by atoms with Crippen LogP contribution in [0.2, 0.25) is 0 Å². The number of nitrogens with one attached hydrogen (secondary N) is 1. The normalized spacial score (nSPS) is 17.5. The standard InChI is InChI=1S/C19H36N2O3/c1-16(2)20-18(23)11-9-7-5-3-4-6-8-10-12-19(24)21-14-13-17(22)15-21/h16-17,22H,3-15H2,1-2H3,(H,20,23)/t17-/m1/s1. The third-order valence-corrected chi connectivity index (χ3v) is 4.51. The first-order valence-electron chi connectivity index (χ1n) is 9.74. The molecule has 0 aliphatic carbocycles. The molecule has 0 bridgehead atoms. The summed E-state index contributed by atoms with van der Waals surface area (Å²) in [6.07, 6.45) is 10.7. The van der Waals surface area contributed by atoms with Gasteiger partial charge in [0.2, 0.25) is 11.8 Å². The molecule has 1 aliphatic rings. The van der Waals surface area contributed by atoms with Crippen molar-refractivity contribution in [2.24, 2.45) is 0 Å². The first-order valence-corrected chi connectivity index (χ1v) is 9.74. The van der Waals surface area contributed by atoms with Gasteiger partial charge < -0.3 is 15.3 Å². The fraction of sp³-hybridized carbons (Fsp3) is 0.895. The summed E-state index contributed by atoms with van der Waals surface area (Å²) in [5, 5.41) is 12.3. The molecule has 5 nitrogen and oxygen atoms in total. The summed E-state index contributed by atoms with van der Waals surface area (Å²) >= 11 is 0. The zero-order valence-corrected chi connectivity index (χ0v) is 15.6. The van der Waals surface area contributed by atoms with E-state index in [9.17, 15) is 14.7 Å². The Balaban J connectivity index is 1.84. The van der Waals surface area contributed by atoms with Crippen molar-refractivity contribution in [3.05, 3.63) is 0 Å². The minimum absolute atomic E-state index is 0.167. The monoisotopic (exact) mass is 340 g/mol. The molecule has 5 heteroatoms. The summed E-state index contributed by atoms with van der Waals surface area (Å²) in [6, 6.07) is 0.236. The molecular weight excluding hydrogens is 304 g/mol. The number of carbonyl (C=O) groups is 2. The second-order valence-electron chi connectivity index (χ2n) is 7.33. The topological polar surface area (TPSA) is 69.6 Å². The smallest absolute Gasteiger partial charge is 0.222 e. The molecule has 0 spiro atoms. The molecule has 0 unspecified atom stereocenters. The van der Waals surface area contributed by atoms with Crippen molar-refractivity contribution in [1.29, 1.82) is 0 Å². The summed E-state index contributed by atoms with van der Waals surface area (Å²) in [5.41, 5.74) is 0. The SMILES string of the molecule is CC(C)NC(=O)CCCCCCCCCCC(=O)N1CC[C@@H](O)C1. The van der Waals surface area contributed by atoms with Crippen LogP contribution < -0.4 is 5.32 Å². The Bertz CT molecular complexity index is 372. The Kier molecular flexibility index (Phi) is 10.7. The number of carbonyl (C=O) groups excluding carboxylic acids is 2. The van der Waals surface area contributed by atoms with Gasteiger partial charge in [-0.3, -0.25) is 9.59 Å². The Morgan fingerprint density at radius 3 is 2.04 bits per heavy atom. The van der Waals surface area contributed by atoms with Gasteiger partial charge >= 0.3 is 0 Å². The Morgan fingerprint density at radius 2 is 1.54 bits per heavy atom. The molecule has 1 aliphatic heterocycles. The molecule has 1 heterocycles. The summed E-state index contributed by atoms with van der Waals surface area (Å²) in [5.74, 6) is 0.367. The molecule has 1 fully saturated rings. The molecule has 0 aromatic carbocycles. The zero-order valence-electron chi connectivity index (χ0n) is 15.6. The van der Waals surface area contributed by atoms with Crippen molar-refractivity contribution in [1.82, 2.24) is 10.2 Å². The van der Waals surface area contributed by atoms with Gasteiger partial charge in [0.25, 0.3) is 0 Å². The van der Waals surface area contributed by atoms with Crippen molar-refractivity contribution >= 4 is 11.8 Å². The number of amides is 2. The maximum atomic E-state index is 11.9. The van der Waals surface area contributed by atoms with E-state index in [1.807, 2.05) is 13.8 Å². The van der Waals surface area contributed by atoms with Gasteiger partial charge in [-0.1, -0.05) is 38.5 Å². The highest BCUT2D eigenvalue weighted by Gasteiger charge is 2.23. The van der Waals surface area contributed by atoms with Gasteiger partial charge in [-0.2, -0.15) is 0 Å². The van der Waals surface area contributed by atoms with Crippen molar-refractivity contribution in [2.75, 3.05) is 13.1 Å². The van der Waals surface area contributed by atoms with E-state index < -0.39 is 0 Å².